The molecule has 1 aliphatic rings. The van der Waals surface area contributed by atoms with E-state index in [1.165, 1.54) is 24.7 Å². The van der Waals surface area contributed by atoms with Gasteiger partial charge >= 0.3 is 0 Å². The van der Waals surface area contributed by atoms with Crippen molar-refractivity contribution in [3.05, 3.63) is 23.9 Å². The van der Waals surface area contributed by atoms with E-state index in [9.17, 15) is 0 Å². The maximum atomic E-state index is 5.48. The topological polar surface area (TPSA) is 92.5 Å². The highest BCUT2D eigenvalue weighted by Crippen LogP contribution is 2.31. The normalized spacial score (nSPS) is 22.6. The number of nitrogens with zero attached hydrogens (tertiary/aromatic N) is 4. The Kier molecular flexibility index (Phi) is 5.08. The van der Waals surface area contributed by atoms with Gasteiger partial charge in [0.25, 0.3) is 0 Å². The summed E-state index contributed by atoms with van der Waals surface area (Å²) in [6.07, 6.45) is 6.25. The van der Waals surface area contributed by atoms with Gasteiger partial charge in [-0.3, -0.25) is 5.10 Å². The van der Waals surface area contributed by atoms with E-state index in [-0.39, 0.29) is 6.04 Å². The Balaban J connectivity index is 1.71. The van der Waals surface area contributed by atoms with Crippen molar-refractivity contribution in [2.75, 3.05) is 6.54 Å². The minimum atomic E-state index is 0.0242. The summed E-state index contributed by atoms with van der Waals surface area (Å²) < 4.78 is 5.48. The van der Waals surface area contributed by atoms with Gasteiger partial charge in [0.15, 0.2) is 5.82 Å². The standard InChI is InChI=1S/C17H26N6O/c1-10(2)14(18-8-13-11(3)6-5-7-12(13)4)17-21-16(23-24-17)15-19-9-20-22-15/h6,9-10,12-14,18H,5,7-8H2,1-4H3,(H,19,20,22)/t12-,13-,14+/m0/s1. The van der Waals surface area contributed by atoms with Gasteiger partial charge < -0.3 is 9.84 Å². The lowest BCUT2D eigenvalue weighted by Crippen LogP contribution is -2.34. The smallest absolute Gasteiger partial charge is 0.244 e. The molecule has 0 radical (unpaired) electrons. The fourth-order valence-corrected chi connectivity index (χ4v) is 3.37. The van der Waals surface area contributed by atoms with E-state index in [2.05, 4.69) is 64.4 Å². The Labute approximate surface area is 142 Å². The number of hydrogen-bond acceptors (Lipinski definition) is 6. The molecular formula is C17H26N6O. The van der Waals surface area contributed by atoms with Crippen LogP contribution in [0.3, 0.4) is 0 Å². The summed E-state index contributed by atoms with van der Waals surface area (Å²) in [5, 5.41) is 14.2. The number of allylic oxidation sites excluding steroid dienone is 1. The molecule has 0 saturated heterocycles. The molecule has 0 saturated carbocycles. The molecule has 0 aliphatic heterocycles. The summed E-state index contributed by atoms with van der Waals surface area (Å²) >= 11 is 0. The average molecular weight is 330 g/mol. The molecule has 2 aromatic heterocycles. The number of aromatic amines is 1. The summed E-state index contributed by atoms with van der Waals surface area (Å²) in [6.45, 7) is 9.81. The molecule has 7 heteroatoms. The first-order valence-corrected chi connectivity index (χ1v) is 8.65. The quantitative estimate of drug-likeness (QED) is 0.791. The average Bonchev–Trinajstić information content (AvgIpc) is 3.20. The van der Waals surface area contributed by atoms with Crippen LogP contribution in [0.2, 0.25) is 0 Å². The molecule has 0 aromatic carbocycles. The zero-order valence-corrected chi connectivity index (χ0v) is 14.8. The van der Waals surface area contributed by atoms with Crippen LogP contribution in [0, 0.1) is 17.8 Å². The van der Waals surface area contributed by atoms with E-state index < -0.39 is 0 Å². The van der Waals surface area contributed by atoms with Crippen molar-refractivity contribution in [2.45, 2.75) is 46.6 Å². The summed E-state index contributed by atoms with van der Waals surface area (Å²) in [6, 6.07) is 0.0242. The van der Waals surface area contributed by atoms with Crippen LogP contribution in [0.15, 0.2) is 22.5 Å². The van der Waals surface area contributed by atoms with Gasteiger partial charge in [0, 0.05) is 6.54 Å². The van der Waals surface area contributed by atoms with Crippen LogP contribution in [0.5, 0.6) is 0 Å². The fourth-order valence-electron chi connectivity index (χ4n) is 3.37. The maximum absolute atomic E-state index is 5.48. The minimum absolute atomic E-state index is 0.0242. The minimum Gasteiger partial charge on any atom is -0.337 e. The van der Waals surface area contributed by atoms with Gasteiger partial charge in [-0.2, -0.15) is 10.1 Å². The van der Waals surface area contributed by atoms with Crippen LogP contribution in [-0.4, -0.2) is 31.9 Å². The van der Waals surface area contributed by atoms with Crippen LogP contribution in [-0.2, 0) is 0 Å². The van der Waals surface area contributed by atoms with Gasteiger partial charge in [-0.1, -0.05) is 37.6 Å². The van der Waals surface area contributed by atoms with E-state index in [4.69, 9.17) is 4.52 Å². The molecule has 130 valence electrons. The monoisotopic (exact) mass is 330 g/mol. The molecule has 0 amide bonds. The molecule has 7 nitrogen and oxygen atoms in total. The first kappa shape index (κ1) is 16.8. The second-order valence-electron chi connectivity index (χ2n) is 7.03. The molecule has 3 atom stereocenters. The van der Waals surface area contributed by atoms with Crippen molar-refractivity contribution >= 4 is 0 Å². The van der Waals surface area contributed by atoms with Crippen LogP contribution in [0.1, 0.15) is 52.5 Å². The van der Waals surface area contributed by atoms with Crippen molar-refractivity contribution in [1.82, 2.24) is 30.6 Å². The molecule has 2 aromatic rings. The van der Waals surface area contributed by atoms with Crippen LogP contribution >= 0.6 is 0 Å². The van der Waals surface area contributed by atoms with Crippen molar-refractivity contribution in [3.63, 3.8) is 0 Å². The Morgan fingerprint density at radius 2 is 2.25 bits per heavy atom. The van der Waals surface area contributed by atoms with Gasteiger partial charge in [-0.05, 0) is 37.5 Å². The van der Waals surface area contributed by atoms with Gasteiger partial charge in [0.1, 0.15) is 6.33 Å². The van der Waals surface area contributed by atoms with Gasteiger partial charge in [-0.25, -0.2) is 4.98 Å². The Bertz CT molecular complexity index is 675. The lowest BCUT2D eigenvalue weighted by Gasteiger charge is -2.31. The van der Waals surface area contributed by atoms with E-state index in [1.807, 2.05) is 0 Å². The van der Waals surface area contributed by atoms with Crippen LogP contribution in [0.4, 0.5) is 0 Å². The summed E-state index contributed by atoms with van der Waals surface area (Å²) in [5.74, 6) is 3.17. The number of aromatic nitrogens is 5. The largest absolute Gasteiger partial charge is 0.337 e. The Hall–Kier alpha value is -2.02. The lowest BCUT2D eigenvalue weighted by atomic mass is 9.80. The highest BCUT2D eigenvalue weighted by Gasteiger charge is 2.27. The third-order valence-electron chi connectivity index (χ3n) is 4.92. The lowest BCUT2D eigenvalue weighted by molar-refractivity contribution is 0.263. The SMILES string of the molecule is CC1=CCC[C@H](C)[C@H]1CN[C@@H](c1nc(-c2ncn[nH]2)no1)C(C)C. The van der Waals surface area contributed by atoms with Crippen molar-refractivity contribution < 1.29 is 4.52 Å². The van der Waals surface area contributed by atoms with E-state index in [1.54, 1.807) is 0 Å². The van der Waals surface area contributed by atoms with Crippen LogP contribution in [0.25, 0.3) is 11.6 Å². The van der Waals surface area contributed by atoms with Gasteiger partial charge in [0.2, 0.25) is 11.7 Å². The Morgan fingerprint density at radius 1 is 1.42 bits per heavy atom. The molecule has 0 bridgehead atoms. The molecule has 3 rings (SSSR count). The molecule has 24 heavy (non-hydrogen) atoms. The highest BCUT2D eigenvalue weighted by atomic mass is 16.5. The number of H-pyrrole nitrogens is 1. The van der Waals surface area contributed by atoms with E-state index >= 15 is 0 Å². The number of nitrogens with one attached hydrogen (secondary N) is 2. The molecule has 2 heterocycles. The van der Waals surface area contributed by atoms with Crippen molar-refractivity contribution in [2.24, 2.45) is 17.8 Å². The number of rotatable bonds is 6. The second kappa shape index (κ2) is 7.25. The van der Waals surface area contributed by atoms with Gasteiger partial charge in [-0.15, -0.1) is 0 Å². The maximum Gasteiger partial charge on any atom is 0.244 e. The van der Waals surface area contributed by atoms with Crippen LogP contribution < -0.4 is 5.32 Å². The molecule has 0 fully saturated rings. The zero-order valence-electron chi connectivity index (χ0n) is 14.8. The highest BCUT2D eigenvalue weighted by molar-refractivity contribution is 5.39. The summed E-state index contributed by atoms with van der Waals surface area (Å²) in [4.78, 5) is 8.55. The van der Waals surface area contributed by atoms with Crippen molar-refractivity contribution in [3.8, 4) is 11.6 Å². The first-order valence-electron chi connectivity index (χ1n) is 8.65. The summed E-state index contributed by atoms with van der Waals surface area (Å²) in [5.41, 5.74) is 1.48. The fraction of sp³-hybridized carbons (Fsp3) is 0.647. The third-order valence-corrected chi connectivity index (χ3v) is 4.92. The van der Waals surface area contributed by atoms with Gasteiger partial charge in [0.05, 0.1) is 6.04 Å². The molecule has 2 N–H and O–H groups in total. The van der Waals surface area contributed by atoms with E-state index in [0.29, 0.717) is 35.3 Å². The summed E-state index contributed by atoms with van der Waals surface area (Å²) in [7, 11) is 0. The predicted molar refractivity (Wildman–Crippen MR) is 90.9 cm³/mol. The first-order chi connectivity index (χ1) is 11.6. The molecule has 0 unspecified atom stereocenters. The Morgan fingerprint density at radius 3 is 2.92 bits per heavy atom. The van der Waals surface area contributed by atoms with Crippen molar-refractivity contribution in [1.29, 1.82) is 0 Å². The molecule has 0 spiro atoms. The number of hydrogen-bond donors (Lipinski definition) is 2. The third kappa shape index (κ3) is 3.56. The van der Waals surface area contributed by atoms with E-state index in [0.717, 1.165) is 6.54 Å². The molecule has 1 aliphatic carbocycles. The predicted octanol–water partition coefficient (Wildman–Crippen LogP) is 3.13. The molecular weight excluding hydrogens is 304 g/mol. The zero-order chi connectivity index (χ0) is 17.1. The second-order valence-corrected chi connectivity index (χ2v) is 7.03.